The van der Waals surface area contributed by atoms with E-state index in [1.807, 2.05) is 0 Å². The SMILES string of the molecule is NC(=O)c1cn(C(=O)c2ccc(-c3cc([N+](=O)[O-])ccc3Cl)o2)c2ccccc12. The number of nitro groups is 1. The summed E-state index contributed by atoms with van der Waals surface area (Å²) in [6.45, 7) is 0. The molecule has 9 heteroatoms. The number of carbonyl (C=O) groups is 2. The molecule has 0 aliphatic rings. The summed E-state index contributed by atoms with van der Waals surface area (Å²) >= 11 is 6.13. The van der Waals surface area contributed by atoms with Crippen LogP contribution >= 0.6 is 11.6 Å². The smallest absolute Gasteiger partial charge is 0.298 e. The first-order valence-corrected chi connectivity index (χ1v) is 8.73. The van der Waals surface area contributed by atoms with Crippen molar-refractivity contribution in [1.29, 1.82) is 0 Å². The van der Waals surface area contributed by atoms with E-state index in [0.29, 0.717) is 10.9 Å². The van der Waals surface area contributed by atoms with Crippen LogP contribution in [0.25, 0.3) is 22.2 Å². The standard InChI is InChI=1S/C20H12ClN3O5/c21-15-6-5-11(24(27)28)9-13(15)17-7-8-18(29-17)20(26)23-10-14(19(22)25)12-3-1-2-4-16(12)23/h1-10H,(H2,22,25). The van der Waals surface area contributed by atoms with E-state index in [9.17, 15) is 19.7 Å². The van der Waals surface area contributed by atoms with E-state index in [-0.39, 0.29) is 33.4 Å². The molecule has 2 heterocycles. The van der Waals surface area contributed by atoms with Crippen molar-refractivity contribution in [1.82, 2.24) is 4.57 Å². The zero-order chi connectivity index (χ0) is 20.7. The Morgan fingerprint density at radius 3 is 2.59 bits per heavy atom. The Balaban J connectivity index is 1.78. The fourth-order valence-electron chi connectivity index (χ4n) is 3.08. The molecule has 2 aromatic heterocycles. The Morgan fingerprint density at radius 1 is 1.10 bits per heavy atom. The highest BCUT2D eigenvalue weighted by Crippen LogP contribution is 2.33. The molecule has 0 unspecified atom stereocenters. The first kappa shape index (κ1) is 18.5. The number of amides is 1. The minimum absolute atomic E-state index is 0.0284. The van der Waals surface area contributed by atoms with Crippen LogP contribution in [-0.2, 0) is 0 Å². The third kappa shape index (κ3) is 3.15. The molecule has 1 amide bonds. The Morgan fingerprint density at radius 2 is 1.86 bits per heavy atom. The van der Waals surface area contributed by atoms with Crippen molar-refractivity contribution in [3.8, 4) is 11.3 Å². The minimum Gasteiger partial charge on any atom is -0.451 e. The highest BCUT2D eigenvalue weighted by molar-refractivity contribution is 6.33. The Hall–Kier alpha value is -3.91. The van der Waals surface area contributed by atoms with Gasteiger partial charge in [0.05, 0.1) is 21.0 Å². The van der Waals surface area contributed by atoms with Gasteiger partial charge in [-0.1, -0.05) is 29.8 Å². The zero-order valence-corrected chi connectivity index (χ0v) is 15.4. The Kier molecular flexibility index (Phi) is 4.40. The van der Waals surface area contributed by atoms with Crippen molar-refractivity contribution in [2.24, 2.45) is 5.73 Å². The van der Waals surface area contributed by atoms with E-state index in [1.165, 1.54) is 41.1 Å². The van der Waals surface area contributed by atoms with Crippen LogP contribution in [0.4, 0.5) is 5.69 Å². The van der Waals surface area contributed by atoms with Gasteiger partial charge in [-0.3, -0.25) is 24.3 Å². The second-order valence-corrected chi connectivity index (χ2v) is 6.59. The fourth-order valence-corrected chi connectivity index (χ4v) is 3.29. The molecule has 0 saturated heterocycles. The quantitative estimate of drug-likeness (QED) is 0.399. The lowest BCUT2D eigenvalue weighted by Gasteiger charge is -2.03. The van der Waals surface area contributed by atoms with Gasteiger partial charge in [0.25, 0.3) is 17.5 Å². The molecule has 4 rings (SSSR count). The first-order valence-electron chi connectivity index (χ1n) is 8.35. The van der Waals surface area contributed by atoms with E-state index < -0.39 is 16.7 Å². The summed E-state index contributed by atoms with van der Waals surface area (Å²) < 4.78 is 6.90. The molecule has 0 aliphatic carbocycles. The van der Waals surface area contributed by atoms with Gasteiger partial charge in [-0.15, -0.1) is 0 Å². The number of primary amides is 1. The first-order chi connectivity index (χ1) is 13.9. The molecule has 29 heavy (non-hydrogen) atoms. The molecule has 0 bridgehead atoms. The van der Waals surface area contributed by atoms with Crippen molar-refractivity contribution in [3.05, 3.63) is 87.3 Å². The van der Waals surface area contributed by atoms with Gasteiger partial charge in [0.1, 0.15) is 5.76 Å². The van der Waals surface area contributed by atoms with Crippen LogP contribution in [0.2, 0.25) is 5.02 Å². The predicted octanol–water partition coefficient (Wildman–Crippen LogP) is 4.25. The van der Waals surface area contributed by atoms with Crippen LogP contribution in [0, 0.1) is 10.1 Å². The van der Waals surface area contributed by atoms with Gasteiger partial charge in [0.2, 0.25) is 0 Å². The summed E-state index contributed by atoms with van der Waals surface area (Å²) in [7, 11) is 0. The summed E-state index contributed by atoms with van der Waals surface area (Å²) in [5.74, 6) is -1.01. The summed E-state index contributed by atoms with van der Waals surface area (Å²) in [5, 5.41) is 11.8. The molecule has 0 radical (unpaired) electrons. The van der Waals surface area contributed by atoms with Crippen LogP contribution < -0.4 is 5.73 Å². The number of fused-ring (bicyclic) bond motifs is 1. The molecule has 0 fully saturated rings. The third-order valence-corrected chi connectivity index (χ3v) is 4.77. The molecule has 0 spiro atoms. The molecule has 0 saturated carbocycles. The summed E-state index contributed by atoms with van der Waals surface area (Å²) in [4.78, 5) is 35.1. The van der Waals surface area contributed by atoms with Gasteiger partial charge in [-0.25, -0.2) is 0 Å². The normalized spacial score (nSPS) is 10.9. The van der Waals surface area contributed by atoms with Crippen molar-refractivity contribution in [2.45, 2.75) is 0 Å². The molecule has 0 aliphatic heterocycles. The lowest BCUT2D eigenvalue weighted by Crippen LogP contribution is -2.12. The monoisotopic (exact) mass is 409 g/mol. The number of aromatic nitrogens is 1. The minimum atomic E-state index is -0.656. The summed E-state index contributed by atoms with van der Waals surface area (Å²) in [6.07, 6.45) is 1.36. The molecular formula is C20H12ClN3O5. The lowest BCUT2D eigenvalue weighted by molar-refractivity contribution is -0.384. The number of hydrogen-bond acceptors (Lipinski definition) is 5. The number of rotatable bonds is 4. The van der Waals surface area contributed by atoms with Gasteiger partial charge in [-0.05, 0) is 24.3 Å². The maximum absolute atomic E-state index is 13.0. The Labute approximate surface area is 168 Å². The molecule has 8 nitrogen and oxygen atoms in total. The highest BCUT2D eigenvalue weighted by Gasteiger charge is 2.21. The topological polar surface area (TPSA) is 121 Å². The van der Waals surface area contributed by atoms with Gasteiger partial charge in [-0.2, -0.15) is 0 Å². The van der Waals surface area contributed by atoms with Gasteiger partial charge >= 0.3 is 0 Å². The van der Waals surface area contributed by atoms with E-state index in [1.54, 1.807) is 24.3 Å². The number of nitrogens with two attached hydrogens (primary N) is 1. The number of nitrogens with zero attached hydrogens (tertiary/aromatic N) is 2. The second kappa shape index (κ2) is 6.92. The van der Waals surface area contributed by atoms with E-state index in [2.05, 4.69) is 0 Å². The highest BCUT2D eigenvalue weighted by atomic mass is 35.5. The number of non-ortho nitro benzene ring substituents is 1. The molecule has 144 valence electrons. The lowest BCUT2D eigenvalue weighted by atomic mass is 10.1. The average molecular weight is 410 g/mol. The number of halogens is 1. The van der Waals surface area contributed by atoms with Crippen molar-refractivity contribution >= 4 is 40.0 Å². The number of para-hydroxylation sites is 1. The molecular weight excluding hydrogens is 398 g/mol. The third-order valence-electron chi connectivity index (χ3n) is 4.44. The number of furan rings is 1. The van der Waals surface area contributed by atoms with Gasteiger partial charge in [0, 0.05) is 29.3 Å². The fraction of sp³-hybridized carbons (Fsp3) is 0. The maximum Gasteiger partial charge on any atom is 0.298 e. The zero-order valence-electron chi connectivity index (χ0n) is 14.7. The molecule has 2 N–H and O–H groups in total. The van der Waals surface area contributed by atoms with E-state index in [4.69, 9.17) is 21.8 Å². The summed E-state index contributed by atoms with van der Waals surface area (Å²) in [5.41, 5.74) is 6.25. The number of nitro benzene ring substituents is 1. The van der Waals surface area contributed by atoms with Crippen molar-refractivity contribution < 1.29 is 18.9 Å². The second-order valence-electron chi connectivity index (χ2n) is 6.18. The van der Waals surface area contributed by atoms with Crippen LogP contribution in [0.3, 0.4) is 0 Å². The van der Waals surface area contributed by atoms with Crippen LogP contribution in [-0.4, -0.2) is 21.3 Å². The average Bonchev–Trinajstić information content (AvgIpc) is 3.33. The van der Waals surface area contributed by atoms with Gasteiger partial charge < -0.3 is 10.2 Å². The van der Waals surface area contributed by atoms with Crippen LogP contribution in [0.5, 0.6) is 0 Å². The van der Waals surface area contributed by atoms with Crippen molar-refractivity contribution in [2.75, 3.05) is 0 Å². The predicted molar refractivity (Wildman–Crippen MR) is 106 cm³/mol. The van der Waals surface area contributed by atoms with E-state index in [0.717, 1.165) is 0 Å². The number of carbonyl (C=O) groups excluding carboxylic acids is 2. The van der Waals surface area contributed by atoms with Gasteiger partial charge in [0.15, 0.2) is 5.76 Å². The van der Waals surface area contributed by atoms with Crippen LogP contribution in [0.15, 0.2) is 65.2 Å². The van der Waals surface area contributed by atoms with Crippen LogP contribution in [0.1, 0.15) is 20.9 Å². The molecule has 0 atom stereocenters. The van der Waals surface area contributed by atoms with E-state index >= 15 is 0 Å². The number of benzene rings is 2. The maximum atomic E-state index is 13.0. The Bertz CT molecular complexity index is 1300. The molecule has 2 aromatic carbocycles. The summed E-state index contributed by atoms with van der Waals surface area (Å²) in [6, 6.07) is 13.7. The number of hydrogen-bond donors (Lipinski definition) is 1. The van der Waals surface area contributed by atoms with Crippen molar-refractivity contribution in [3.63, 3.8) is 0 Å². The molecule has 4 aromatic rings. The largest absolute Gasteiger partial charge is 0.451 e.